The highest BCUT2D eigenvalue weighted by Crippen LogP contribution is 2.49. The third kappa shape index (κ3) is 12.5. The summed E-state index contributed by atoms with van der Waals surface area (Å²) in [4.78, 5) is 106. The van der Waals surface area contributed by atoms with Gasteiger partial charge in [0, 0.05) is 43.6 Å². The van der Waals surface area contributed by atoms with Crippen molar-refractivity contribution in [1.29, 1.82) is 0 Å². The number of halogens is 2. The Kier molecular flexibility index (Phi) is 17.5. The van der Waals surface area contributed by atoms with Gasteiger partial charge in [-0.2, -0.15) is 0 Å². The fourth-order valence-corrected chi connectivity index (χ4v) is 11.0. The van der Waals surface area contributed by atoms with Gasteiger partial charge in [-0.25, -0.2) is 8.78 Å². The zero-order chi connectivity index (χ0) is 55.6. The van der Waals surface area contributed by atoms with E-state index in [-0.39, 0.29) is 61.8 Å². The average Bonchev–Trinajstić information content (AvgIpc) is 4.09. The fraction of sp³-hybridized carbons (Fsp3) is 0.576. The monoisotopic (exact) mass is 1050 g/mol. The highest BCUT2D eigenvalue weighted by molar-refractivity contribution is 5.96. The second-order valence-electron chi connectivity index (χ2n) is 24.0. The minimum atomic E-state index is -1.22. The summed E-state index contributed by atoms with van der Waals surface area (Å²) in [5, 5.41) is 15.2. The molecule has 0 radical (unpaired) electrons. The lowest BCUT2D eigenvalue weighted by Gasteiger charge is -2.44. The standard InChI is InChI=1S/C59H80F2N8O7/c1-12-34(2)50(70)65-48(57(5,6)7)54(74)67-31-39-21-14-13-20-38(39)29-46(67)53(73)69(36(4)41-24-18-25-43(60)47(41)61)33-59(27-28-59)56(76)63-40-30-45(52(72)64-44-26-17-22-37-19-15-16-23-42(37)44)68(32-40)55(75)49(58(8,9)10)66-51(71)35(3)62-11/h13-16,18-21,23-25,34-36,40,44-46,48-49,62H,12,17,22,26-33H2,1-11H3,(H,63,76)(H,64,72)(H,65,70)(H,66,71)/t34-,35+,36-,40?,44?,45+,46+,48-,49-/m1/s1. The van der Waals surface area contributed by atoms with Gasteiger partial charge < -0.3 is 41.3 Å². The molecule has 0 aromatic heterocycles. The van der Waals surface area contributed by atoms with Gasteiger partial charge in [0.25, 0.3) is 0 Å². The number of nitrogens with one attached hydrogen (secondary N) is 5. The normalized spacial score (nSPS) is 21.9. The molecular weight excluding hydrogens is 971 g/mol. The van der Waals surface area contributed by atoms with Gasteiger partial charge in [0.15, 0.2) is 11.6 Å². The van der Waals surface area contributed by atoms with Gasteiger partial charge in [-0.1, -0.05) is 116 Å². The summed E-state index contributed by atoms with van der Waals surface area (Å²) in [6, 6.07) is 12.1. The first-order valence-electron chi connectivity index (χ1n) is 27.2. The van der Waals surface area contributed by atoms with Crippen LogP contribution >= 0.6 is 0 Å². The summed E-state index contributed by atoms with van der Waals surface area (Å²) in [7, 11) is 1.64. The van der Waals surface area contributed by atoms with Crippen LogP contribution in [0.1, 0.15) is 148 Å². The molecule has 2 unspecified atom stereocenters. The van der Waals surface area contributed by atoms with Crippen molar-refractivity contribution in [2.24, 2.45) is 22.2 Å². The number of carbonyl (C=O) groups is 7. The second kappa shape index (κ2) is 23.2. The van der Waals surface area contributed by atoms with Gasteiger partial charge in [-0.05, 0) is 105 Å². The third-order valence-electron chi connectivity index (χ3n) is 16.4. The predicted octanol–water partition coefficient (Wildman–Crippen LogP) is 6.58. The van der Waals surface area contributed by atoms with E-state index in [1.807, 2.05) is 97.0 Å². The Hall–Kier alpha value is -6.23. The number of aryl methyl sites for hydroxylation is 1. The third-order valence-corrected chi connectivity index (χ3v) is 16.4. The number of hydrogen-bond acceptors (Lipinski definition) is 8. The molecule has 3 aromatic rings. The van der Waals surface area contributed by atoms with E-state index >= 15 is 23.2 Å². The highest BCUT2D eigenvalue weighted by atomic mass is 19.2. The number of fused-ring (bicyclic) bond motifs is 2. The summed E-state index contributed by atoms with van der Waals surface area (Å²) in [6.45, 7) is 17.7. The molecule has 0 bridgehead atoms. The van der Waals surface area contributed by atoms with Crippen molar-refractivity contribution in [3.8, 4) is 0 Å². The number of likely N-dealkylation sites (tertiary alicyclic amines) is 1. The summed E-state index contributed by atoms with van der Waals surface area (Å²) < 4.78 is 31.0. The lowest BCUT2D eigenvalue weighted by Crippen LogP contribution is -2.62. The Labute approximate surface area is 447 Å². The van der Waals surface area contributed by atoms with E-state index in [2.05, 4.69) is 26.6 Å². The van der Waals surface area contributed by atoms with Crippen LogP contribution in [0, 0.1) is 33.8 Å². The van der Waals surface area contributed by atoms with Crippen LogP contribution in [0.2, 0.25) is 0 Å². The van der Waals surface area contributed by atoms with Crippen LogP contribution in [0.5, 0.6) is 0 Å². The van der Waals surface area contributed by atoms with Crippen LogP contribution in [0.4, 0.5) is 8.78 Å². The molecule has 1 saturated carbocycles. The van der Waals surface area contributed by atoms with Gasteiger partial charge >= 0.3 is 0 Å². The molecule has 0 spiro atoms. The number of nitrogens with zero attached hydrogens (tertiary/aromatic N) is 3. The Bertz CT molecular complexity index is 2680. The maximum absolute atomic E-state index is 15.9. The van der Waals surface area contributed by atoms with Crippen LogP contribution in [0.15, 0.2) is 66.7 Å². The Morgan fingerprint density at radius 2 is 1.36 bits per heavy atom. The number of hydrogen-bond donors (Lipinski definition) is 5. The van der Waals surface area contributed by atoms with Crippen molar-refractivity contribution in [1.82, 2.24) is 41.3 Å². The second-order valence-corrected chi connectivity index (χ2v) is 24.0. The molecule has 2 aliphatic carbocycles. The molecule has 15 nitrogen and oxygen atoms in total. The summed E-state index contributed by atoms with van der Waals surface area (Å²) in [5.41, 5.74) is 0.883. The molecule has 76 heavy (non-hydrogen) atoms. The quantitative estimate of drug-likeness (QED) is 0.100. The van der Waals surface area contributed by atoms with E-state index in [1.165, 1.54) is 26.8 Å². The van der Waals surface area contributed by atoms with E-state index < -0.39 is 99.7 Å². The number of likely N-dealkylation sites (N-methyl/N-ethyl adjacent to an activating group) is 1. The van der Waals surface area contributed by atoms with Crippen molar-refractivity contribution in [2.75, 3.05) is 20.1 Å². The fourth-order valence-electron chi connectivity index (χ4n) is 11.0. The Morgan fingerprint density at radius 3 is 1.97 bits per heavy atom. The lowest BCUT2D eigenvalue weighted by molar-refractivity contribution is -0.153. The molecule has 3 aromatic carbocycles. The molecule has 2 heterocycles. The first kappa shape index (κ1) is 57.5. The maximum atomic E-state index is 15.9. The van der Waals surface area contributed by atoms with Crippen LogP contribution in [-0.2, 0) is 52.9 Å². The first-order valence-corrected chi connectivity index (χ1v) is 27.2. The molecule has 1 saturated heterocycles. The predicted molar refractivity (Wildman–Crippen MR) is 286 cm³/mol. The van der Waals surface area contributed by atoms with Crippen molar-refractivity contribution in [3.05, 3.63) is 106 Å². The average molecular weight is 1050 g/mol. The zero-order valence-corrected chi connectivity index (χ0v) is 46.3. The maximum Gasteiger partial charge on any atom is 0.246 e. The smallest absolute Gasteiger partial charge is 0.246 e. The van der Waals surface area contributed by atoms with Crippen molar-refractivity contribution in [3.63, 3.8) is 0 Å². The van der Waals surface area contributed by atoms with Crippen molar-refractivity contribution < 1.29 is 42.3 Å². The molecule has 7 rings (SSSR count). The number of rotatable bonds is 17. The molecule has 7 amide bonds. The molecule has 2 fully saturated rings. The van der Waals surface area contributed by atoms with Gasteiger partial charge in [0.1, 0.15) is 24.2 Å². The molecule has 5 N–H and O–H groups in total. The minimum absolute atomic E-state index is 0.0343. The van der Waals surface area contributed by atoms with Crippen LogP contribution < -0.4 is 26.6 Å². The molecule has 412 valence electrons. The molecule has 2 aliphatic heterocycles. The van der Waals surface area contributed by atoms with Gasteiger partial charge in [-0.3, -0.25) is 33.6 Å². The van der Waals surface area contributed by atoms with E-state index in [0.717, 1.165) is 41.2 Å². The van der Waals surface area contributed by atoms with Crippen molar-refractivity contribution >= 4 is 41.4 Å². The number of carbonyl (C=O) groups excluding carboxylic acids is 7. The van der Waals surface area contributed by atoms with E-state index in [9.17, 15) is 19.2 Å². The van der Waals surface area contributed by atoms with Crippen LogP contribution in [0.3, 0.4) is 0 Å². The zero-order valence-electron chi connectivity index (χ0n) is 46.3. The summed E-state index contributed by atoms with van der Waals surface area (Å²) >= 11 is 0. The molecule has 4 aliphatic rings. The molecule has 9 atom stereocenters. The minimum Gasteiger partial charge on any atom is -0.351 e. The largest absolute Gasteiger partial charge is 0.351 e. The van der Waals surface area contributed by atoms with Crippen LogP contribution in [0.25, 0.3) is 0 Å². The van der Waals surface area contributed by atoms with E-state index in [1.54, 1.807) is 27.8 Å². The lowest BCUT2D eigenvalue weighted by atomic mass is 9.83. The Balaban J connectivity index is 1.21. The number of amides is 7. The van der Waals surface area contributed by atoms with Crippen molar-refractivity contribution in [2.45, 2.75) is 175 Å². The van der Waals surface area contributed by atoms with E-state index in [4.69, 9.17) is 0 Å². The Morgan fingerprint density at radius 1 is 0.750 bits per heavy atom. The van der Waals surface area contributed by atoms with Gasteiger partial charge in [-0.15, -0.1) is 0 Å². The molecular formula is C59H80F2N8O7. The van der Waals surface area contributed by atoms with Gasteiger partial charge in [0.2, 0.25) is 41.4 Å². The number of benzene rings is 3. The van der Waals surface area contributed by atoms with Crippen LogP contribution in [-0.4, -0.2) is 112 Å². The van der Waals surface area contributed by atoms with E-state index in [0.29, 0.717) is 25.7 Å². The van der Waals surface area contributed by atoms with Gasteiger partial charge in [0.05, 0.1) is 23.5 Å². The topological polar surface area (TPSA) is 189 Å². The summed E-state index contributed by atoms with van der Waals surface area (Å²) in [5.74, 6) is -5.70. The SMILES string of the molecule is CC[C@@H](C)C(=O)N[C@H](C(=O)N1Cc2ccccc2C[C@H]1C(=O)N(CC1(C(=O)NC2C[C@@H](C(=O)NC3CCCc4ccccc43)N(C(=O)[C@@H](NC(=O)[C@H](C)NC)C(C)(C)C)C2)CC1)[C@H](C)c1cccc(F)c1F)C(C)(C)C. The first-order chi connectivity index (χ1) is 35.8. The summed E-state index contributed by atoms with van der Waals surface area (Å²) in [6.07, 6.45) is 3.77. The molecule has 17 heteroatoms. The highest BCUT2D eigenvalue weighted by Gasteiger charge is 2.55.